The van der Waals surface area contributed by atoms with Crippen molar-refractivity contribution in [3.05, 3.63) is 90.3 Å². The number of aryl methyl sites for hydroxylation is 1. The van der Waals surface area contributed by atoms with Gasteiger partial charge >= 0.3 is 0 Å². The van der Waals surface area contributed by atoms with Crippen LogP contribution in [0.4, 0.5) is 0 Å². The van der Waals surface area contributed by atoms with E-state index in [1.54, 1.807) is 18.9 Å². The number of hydrogen-bond acceptors (Lipinski definition) is 6. The standard InChI is InChI=1S/C27H29N3O3S/c1-21-9-8-12-23(19-21)32-17-18-34-27-29-28-26(30(27)15-16-31-2)20-33-25-14-7-6-13-24(25)22-10-4-3-5-11-22/h3-14,19H,15-18,20H2,1-2H3. The zero-order valence-corrected chi connectivity index (χ0v) is 20.3. The molecule has 4 aromatic rings. The van der Waals surface area contributed by atoms with Gasteiger partial charge in [0.25, 0.3) is 0 Å². The maximum atomic E-state index is 6.21. The van der Waals surface area contributed by atoms with Gasteiger partial charge in [-0.1, -0.05) is 72.4 Å². The quantitative estimate of drug-likeness (QED) is 0.195. The van der Waals surface area contributed by atoms with Crippen molar-refractivity contribution in [2.24, 2.45) is 0 Å². The molecule has 0 unspecified atom stereocenters. The van der Waals surface area contributed by atoms with Gasteiger partial charge in [-0.05, 0) is 36.2 Å². The van der Waals surface area contributed by atoms with Gasteiger partial charge in [-0.2, -0.15) is 0 Å². The first kappa shape index (κ1) is 23.9. The molecule has 1 aromatic heterocycles. The zero-order chi connectivity index (χ0) is 23.6. The summed E-state index contributed by atoms with van der Waals surface area (Å²) in [5.74, 6) is 3.22. The molecule has 0 saturated heterocycles. The van der Waals surface area contributed by atoms with Crippen LogP contribution in [0.2, 0.25) is 0 Å². The average molecular weight is 476 g/mol. The van der Waals surface area contributed by atoms with Gasteiger partial charge in [0, 0.05) is 25.0 Å². The van der Waals surface area contributed by atoms with E-state index in [1.807, 2.05) is 54.6 Å². The van der Waals surface area contributed by atoms with E-state index in [2.05, 4.69) is 46.0 Å². The van der Waals surface area contributed by atoms with Crippen LogP contribution >= 0.6 is 11.8 Å². The summed E-state index contributed by atoms with van der Waals surface area (Å²) in [5, 5.41) is 9.64. The highest BCUT2D eigenvalue weighted by atomic mass is 32.2. The average Bonchev–Trinajstić information content (AvgIpc) is 3.26. The summed E-state index contributed by atoms with van der Waals surface area (Å²) < 4.78 is 19.4. The molecule has 4 rings (SSSR count). The SMILES string of the molecule is COCCn1c(COc2ccccc2-c2ccccc2)nnc1SCCOc1cccc(C)c1. The number of hydrogen-bond donors (Lipinski definition) is 0. The third-order valence-corrected chi connectivity index (χ3v) is 6.14. The minimum Gasteiger partial charge on any atom is -0.493 e. The van der Waals surface area contributed by atoms with Crippen LogP contribution in [0.25, 0.3) is 11.1 Å². The fraction of sp³-hybridized carbons (Fsp3) is 0.259. The topological polar surface area (TPSA) is 58.4 Å². The fourth-order valence-corrected chi connectivity index (χ4v) is 4.33. The first-order valence-corrected chi connectivity index (χ1v) is 12.2. The number of thioether (sulfide) groups is 1. The molecule has 1 heterocycles. The smallest absolute Gasteiger partial charge is 0.191 e. The first-order chi connectivity index (χ1) is 16.7. The van der Waals surface area contributed by atoms with Crippen LogP contribution in [0.5, 0.6) is 11.5 Å². The number of methoxy groups -OCH3 is 1. The van der Waals surface area contributed by atoms with Crippen LogP contribution in [-0.4, -0.2) is 40.8 Å². The maximum Gasteiger partial charge on any atom is 0.191 e. The van der Waals surface area contributed by atoms with Crippen LogP contribution in [0.3, 0.4) is 0 Å². The predicted octanol–water partition coefficient (Wildman–Crippen LogP) is 5.65. The number of benzene rings is 3. The summed E-state index contributed by atoms with van der Waals surface area (Å²) >= 11 is 1.62. The van der Waals surface area contributed by atoms with Crippen molar-refractivity contribution in [1.82, 2.24) is 14.8 Å². The largest absolute Gasteiger partial charge is 0.493 e. The van der Waals surface area contributed by atoms with E-state index in [4.69, 9.17) is 14.2 Å². The second-order valence-corrected chi connectivity index (χ2v) is 8.77. The lowest BCUT2D eigenvalue weighted by molar-refractivity contribution is 0.181. The lowest BCUT2D eigenvalue weighted by atomic mass is 10.1. The lowest BCUT2D eigenvalue weighted by Crippen LogP contribution is -2.12. The summed E-state index contributed by atoms with van der Waals surface area (Å²) in [6.07, 6.45) is 0. The van der Waals surface area contributed by atoms with Crippen molar-refractivity contribution in [3.63, 3.8) is 0 Å². The first-order valence-electron chi connectivity index (χ1n) is 11.2. The van der Waals surface area contributed by atoms with Gasteiger partial charge in [-0.3, -0.25) is 0 Å². The second-order valence-electron chi connectivity index (χ2n) is 7.71. The minimum absolute atomic E-state index is 0.320. The molecule has 0 amide bonds. The predicted molar refractivity (Wildman–Crippen MR) is 136 cm³/mol. The molecule has 0 atom stereocenters. The summed E-state index contributed by atoms with van der Waals surface area (Å²) in [5.41, 5.74) is 3.35. The van der Waals surface area contributed by atoms with Gasteiger partial charge in [0.2, 0.25) is 0 Å². The number of aromatic nitrogens is 3. The zero-order valence-electron chi connectivity index (χ0n) is 19.5. The van der Waals surface area contributed by atoms with E-state index in [-0.39, 0.29) is 0 Å². The molecule has 0 radical (unpaired) electrons. The summed E-state index contributed by atoms with van der Waals surface area (Å²) in [4.78, 5) is 0. The summed E-state index contributed by atoms with van der Waals surface area (Å²) in [6, 6.07) is 26.3. The molecule has 7 heteroatoms. The van der Waals surface area contributed by atoms with Gasteiger partial charge in [0.15, 0.2) is 11.0 Å². The van der Waals surface area contributed by atoms with Crippen molar-refractivity contribution < 1.29 is 14.2 Å². The molecule has 0 aliphatic carbocycles. The number of rotatable bonds is 12. The Hall–Kier alpha value is -3.29. The van der Waals surface area contributed by atoms with E-state index in [0.29, 0.717) is 26.4 Å². The molecule has 0 saturated carbocycles. The molecule has 0 spiro atoms. The minimum atomic E-state index is 0.320. The third kappa shape index (κ3) is 6.40. The van der Waals surface area contributed by atoms with Crippen molar-refractivity contribution in [1.29, 1.82) is 0 Å². The van der Waals surface area contributed by atoms with Crippen LogP contribution in [-0.2, 0) is 17.9 Å². The van der Waals surface area contributed by atoms with Crippen molar-refractivity contribution in [2.75, 3.05) is 26.1 Å². The Balaban J connectivity index is 1.40. The molecular weight excluding hydrogens is 446 g/mol. The normalized spacial score (nSPS) is 10.9. The van der Waals surface area contributed by atoms with Gasteiger partial charge in [-0.15, -0.1) is 10.2 Å². The van der Waals surface area contributed by atoms with E-state index in [9.17, 15) is 0 Å². The summed E-state index contributed by atoms with van der Waals surface area (Å²) in [6.45, 7) is 4.19. The van der Waals surface area contributed by atoms with Crippen LogP contribution in [0.1, 0.15) is 11.4 Å². The Labute approximate surface area is 204 Å². The Morgan fingerprint density at radius 3 is 2.50 bits per heavy atom. The Bertz CT molecular complexity index is 1180. The van der Waals surface area contributed by atoms with Gasteiger partial charge in [0.1, 0.15) is 18.1 Å². The van der Waals surface area contributed by atoms with Crippen molar-refractivity contribution in [2.45, 2.75) is 25.2 Å². The van der Waals surface area contributed by atoms with Crippen LogP contribution < -0.4 is 9.47 Å². The molecular formula is C27H29N3O3S. The van der Waals surface area contributed by atoms with Crippen molar-refractivity contribution in [3.8, 4) is 22.6 Å². The Kier molecular flexibility index (Phi) is 8.60. The molecule has 0 bridgehead atoms. The van der Waals surface area contributed by atoms with E-state index in [1.165, 1.54) is 5.56 Å². The molecule has 34 heavy (non-hydrogen) atoms. The number of ether oxygens (including phenoxy) is 3. The van der Waals surface area contributed by atoms with Crippen molar-refractivity contribution >= 4 is 11.8 Å². The van der Waals surface area contributed by atoms with Crippen LogP contribution in [0.15, 0.2) is 84.0 Å². The molecule has 3 aromatic carbocycles. The molecule has 176 valence electrons. The molecule has 0 aliphatic rings. The van der Waals surface area contributed by atoms with Gasteiger partial charge in [0.05, 0.1) is 13.2 Å². The molecule has 0 N–H and O–H groups in total. The number of nitrogens with zero attached hydrogens (tertiary/aromatic N) is 3. The maximum absolute atomic E-state index is 6.21. The highest BCUT2D eigenvalue weighted by Gasteiger charge is 2.14. The van der Waals surface area contributed by atoms with E-state index < -0.39 is 0 Å². The highest BCUT2D eigenvalue weighted by molar-refractivity contribution is 7.99. The van der Waals surface area contributed by atoms with Gasteiger partial charge < -0.3 is 18.8 Å². The third-order valence-electron chi connectivity index (χ3n) is 5.21. The molecule has 6 nitrogen and oxygen atoms in total. The van der Waals surface area contributed by atoms with E-state index >= 15 is 0 Å². The van der Waals surface area contributed by atoms with E-state index in [0.717, 1.165) is 39.4 Å². The monoisotopic (exact) mass is 475 g/mol. The van der Waals surface area contributed by atoms with Crippen LogP contribution in [0, 0.1) is 6.92 Å². The lowest BCUT2D eigenvalue weighted by Gasteiger charge is -2.13. The Morgan fingerprint density at radius 1 is 0.853 bits per heavy atom. The highest BCUT2D eigenvalue weighted by Crippen LogP contribution is 2.30. The number of para-hydroxylation sites is 1. The molecule has 0 fully saturated rings. The van der Waals surface area contributed by atoms with Gasteiger partial charge in [-0.25, -0.2) is 0 Å². The molecule has 0 aliphatic heterocycles. The Morgan fingerprint density at radius 2 is 1.68 bits per heavy atom. The second kappa shape index (κ2) is 12.3. The fourth-order valence-electron chi connectivity index (χ4n) is 3.53. The summed E-state index contributed by atoms with van der Waals surface area (Å²) in [7, 11) is 1.69.